The van der Waals surface area contributed by atoms with Crippen molar-refractivity contribution in [2.24, 2.45) is 5.92 Å². The molecule has 1 heterocycles. The smallest absolute Gasteiger partial charge is 0.253 e. The zero-order valence-electron chi connectivity index (χ0n) is 16.0. The molecule has 0 spiro atoms. The van der Waals surface area contributed by atoms with Crippen molar-refractivity contribution in [3.8, 4) is 0 Å². The summed E-state index contributed by atoms with van der Waals surface area (Å²) in [5.74, 6) is -0.864. The SMILES string of the molecule is CCCCNC(=O)c1ccccc1NC(=O)[C@H]1CCCN(S(=O)(=O)CC)C1. The van der Waals surface area contributed by atoms with Gasteiger partial charge in [-0.25, -0.2) is 12.7 Å². The Bertz CT molecular complexity index is 764. The fourth-order valence-corrected chi connectivity index (χ4v) is 4.27. The van der Waals surface area contributed by atoms with Crippen LogP contribution in [0.3, 0.4) is 0 Å². The number of sulfonamides is 1. The quantitative estimate of drug-likeness (QED) is 0.660. The summed E-state index contributed by atoms with van der Waals surface area (Å²) < 4.78 is 25.6. The number of nitrogens with zero attached hydrogens (tertiary/aromatic N) is 1. The molecule has 0 aromatic heterocycles. The summed E-state index contributed by atoms with van der Waals surface area (Å²) in [4.78, 5) is 25.1. The minimum atomic E-state index is -3.31. The number of hydrogen-bond donors (Lipinski definition) is 2. The van der Waals surface area contributed by atoms with E-state index in [-0.39, 0.29) is 24.1 Å². The third-order valence-corrected chi connectivity index (χ3v) is 6.61. The number of piperidine rings is 1. The molecule has 27 heavy (non-hydrogen) atoms. The van der Waals surface area contributed by atoms with Crippen LogP contribution in [0.15, 0.2) is 24.3 Å². The van der Waals surface area contributed by atoms with Crippen LogP contribution in [0.5, 0.6) is 0 Å². The van der Waals surface area contributed by atoms with Crippen LogP contribution < -0.4 is 10.6 Å². The van der Waals surface area contributed by atoms with Crippen molar-refractivity contribution < 1.29 is 18.0 Å². The van der Waals surface area contributed by atoms with E-state index in [4.69, 9.17) is 0 Å². The molecule has 1 aliphatic heterocycles. The molecule has 1 atom stereocenters. The molecule has 2 rings (SSSR count). The molecular formula is C19H29N3O4S. The lowest BCUT2D eigenvalue weighted by Crippen LogP contribution is -2.44. The van der Waals surface area contributed by atoms with Crippen LogP contribution in [0.2, 0.25) is 0 Å². The molecule has 2 amide bonds. The highest BCUT2D eigenvalue weighted by Gasteiger charge is 2.31. The highest BCUT2D eigenvalue weighted by Crippen LogP contribution is 2.22. The number of carbonyl (C=O) groups excluding carboxylic acids is 2. The van der Waals surface area contributed by atoms with E-state index in [2.05, 4.69) is 10.6 Å². The molecule has 0 bridgehead atoms. The largest absolute Gasteiger partial charge is 0.352 e. The van der Waals surface area contributed by atoms with Gasteiger partial charge in [0.05, 0.1) is 22.9 Å². The second-order valence-electron chi connectivity index (χ2n) is 6.74. The molecule has 8 heteroatoms. The maximum absolute atomic E-state index is 12.7. The second-order valence-corrected chi connectivity index (χ2v) is 9.00. The molecule has 7 nitrogen and oxygen atoms in total. The van der Waals surface area contributed by atoms with E-state index in [1.54, 1.807) is 31.2 Å². The van der Waals surface area contributed by atoms with E-state index in [0.717, 1.165) is 12.8 Å². The van der Waals surface area contributed by atoms with Crippen LogP contribution in [0, 0.1) is 5.92 Å². The van der Waals surface area contributed by atoms with Crippen molar-refractivity contribution in [2.75, 3.05) is 30.7 Å². The van der Waals surface area contributed by atoms with Crippen LogP contribution in [-0.4, -0.2) is 49.9 Å². The average molecular weight is 396 g/mol. The number of unbranched alkanes of at least 4 members (excludes halogenated alkanes) is 1. The second kappa shape index (κ2) is 9.85. The Balaban J connectivity index is 2.06. The first-order valence-corrected chi connectivity index (χ1v) is 11.2. The fourth-order valence-electron chi connectivity index (χ4n) is 3.09. The summed E-state index contributed by atoms with van der Waals surface area (Å²) >= 11 is 0. The van der Waals surface area contributed by atoms with E-state index < -0.39 is 15.9 Å². The van der Waals surface area contributed by atoms with Gasteiger partial charge < -0.3 is 10.6 Å². The molecule has 1 aromatic carbocycles. The summed E-state index contributed by atoms with van der Waals surface area (Å²) in [6.45, 7) is 4.88. The van der Waals surface area contributed by atoms with Crippen LogP contribution in [0.25, 0.3) is 0 Å². The molecule has 1 saturated heterocycles. The summed E-state index contributed by atoms with van der Waals surface area (Å²) in [5, 5.41) is 5.67. The lowest BCUT2D eigenvalue weighted by atomic mass is 9.98. The number of hydrogen-bond acceptors (Lipinski definition) is 4. The minimum Gasteiger partial charge on any atom is -0.352 e. The van der Waals surface area contributed by atoms with Crippen molar-refractivity contribution in [3.63, 3.8) is 0 Å². The molecular weight excluding hydrogens is 366 g/mol. The summed E-state index contributed by atoms with van der Waals surface area (Å²) in [5.41, 5.74) is 0.864. The maximum atomic E-state index is 12.7. The van der Waals surface area contributed by atoms with Crippen molar-refractivity contribution in [2.45, 2.75) is 39.5 Å². The molecule has 1 fully saturated rings. The third kappa shape index (κ3) is 5.77. The van der Waals surface area contributed by atoms with Gasteiger partial charge in [0.15, 0.2) is 0 Å². The van der Waals surface area contributed by atoms with Gasteiger partial charge in [0.2, 0.25) is 15.9 Å². The predicted octanol–water partition coefficient (Wildman–Crippen LogP) is 2.22. The molecule has 0 saturated carbocycles. The normalized spacial score (nSPS) is 18.1. The Morgan fingerprint density at radius 2 is 1.96 bits per heavy atom. The Labute approximate surface area is 161 Å². The predicted molar refractivity (Wildman–Crippen MR) is 106 cm³/mol. The van der Waals surface area contributed by atoms with Gasteiger partial charge in [0.25, 0.3) is 5.91 Å². The zero-order valence-corrected chi connectivity index (χ0v) is 16.8. The van der Waals surface area contributed by atoms with Crippen molar-refractivity contribution in [1.29, 1.82) is 0 Å². The molecule has 150 valence electrons. The Hall–Kier alpha value is -1.93. The first-order valence-electron chi connectivity index (χ1n) is 9.55. The van der Waals surface area contributed by atoms with E-state index in [1.165, 1.54) is 4.31 Å². The summed E-state index contributed by atoms with van der Waals surface area (Å²) in [6.07, 6.45) is 3.16. The molecule has 0 unspecified atom stereocenters. The number of anilines is 1. The van der Waals surface area contributed by atoms with Crippen LogP contribution in [-0.2, 0) is 14.8 Å². The van der Waals surface area contributed by atoms with Gasteiger partial charge in [-0.3, -0.25) is 9.59 Å². The van der Waals surface area contributed by atoms with Gasteiger partial charge in [-0.1, -0.05) is 25.5 Å². The molecule has 1 aromatic rings. The number of para-hydroxylation sites is 1. The molecule has 0 radical (unpaired) electrons. The lowest BCUT2D eigenvalue weighted by molar-refractivity contribution is -0.120. The van der Waals surface area contributed by atoms with Gasteiger partial charge in [-0.15, -0.1) is 0 Å². The number of benzene rings is 1. The average Bonchev–Trinajstić information content (AvgIpc) is 2.68. The van der Waals surface area contributed by atoms with E-state index in [1.807, 2.05) is 6.92 Å². The topological polar surface area (TPSA) is 95.6 Å². The highest BCUT2D eigenvalue weighted by atomic mass is 32.2. The van der Waals surface area contributed by atoms with Crippen molar-refractivity contribution >= 4 is 27.5 Å². The van der Waals surface area contributed by atoms with Gasteiger partial charge in [-0.05, 0) is 38.3 Å². The van der Waals surface area contributed by atoms with Gasteiger partial charge in [-0.2, -0.15) is 0 Å². The molecule has 0 aliphatic carbocycles. The zero-order chi connectivity index (χ0) is 19.9. The molecule has 2 N–H and O–H groups in total. The van der Waals surface area contributed by atoms with Gasteiger partial charge in [0, 0.05) is 19.6 Å². The lowest BCUT2D eigenvalue weighted by Gasteiger charge is -2.31. The van der Waals surface area contributed by atoms with Crippen molar-refractivity contribution in [3.05, 3.63) is 29.8 Å². The molecule has 1 aliphatic rings. The summed E-state index contributed by atoms with van der Waals surface area (Å²) in [6, 6.07) is 6.87. The highest BCUT2D eigenvalue weighted by molar-refractivity contribution is 7.89. The number of nitrogens with one attached hydrogen (secondary N) is 2. The van der Waals surface area contributed by atoms with Gasteiger partial charge in [0.1, 0.15) is 0 Å². The first kappa shape index (κ1) is 21.4. The van der Waals surface area contributed by atoms with E-state index in [9.17, 15) is 18.0 Å². The standard InChI is InChI=1S/C19H29N3O4S/c1-3-5-12-20-19(24)16-10-6-7-11-17(16)21-18(23)15-9-8-13-22(14-15)27(25,26)4-2/h6-7,10-11,15H,3-5,8-9,12-14H2,1-2H3,(H,20,24)(H,21,23)/t15-/m0/s1. The Morgan fingerprint density at radius 1 is 1.22 bits per heavy atom. The van der Waals surface area contributed by atoms with Crippen molar-refractivity contribution in [1.82, 2.24) is 9.62 Å². The Morgan fingerprint density at radius 3 is 2.67 bits per heavy atom. The first-order chi connectivity index (χ1) is 12.9. The summed E-state index contributed by atoms with van der Waals surface area (Å²) in [7, 11) is -3.31. The van der Waals surface area contributed by atoms with E-state index in [0.29, 0.717) is 37.2 Å². The van der Waals surface area contributed by atoms with Crippen LogP contribution in [0.1, 0.15) is 49.9 Å². The third-order valence-electron chi connectivity index (χ3n) is 4.76. The Kier molecular flexibility index (Phi) is 7.79. The number of amides is 2. The number of rotatable bonds is 8. The van der Waals surface area contributed by atoms with Crippen LogP contribution in [0.4, 0.5) is 5.69 Å². The van der Waals surface area contributed by atoms with Crippen LogP contribution >= 0.6 is 0 Å². The number of carbonyl (C=O) groups is 2. The minimum absolute atomic E-state index is 0.0299. The monoisotopic (exact) mass is 395 g/mol. The maximum Gasteiger partial charge on any atom is 0.253 e. The fraction of sp³-hybridized carbons (Fsp3) is 0.579. The van der Waals surface area contributed by atoms with E-state index >= 15 is 0 Å². The van der Waals surface area contributed by atoms with Gasteiger partial charge >= 0.3 is 0 Å².